The highest BCUT2D eigenvalue weighted by atomic mass is 32.2. The Balaban J connectivity index is 1.36. The quantitative estimate of drug-likeness (QED) is 0.188. The van der Waals surface area contributed by atoms with Crippen molar-refractivity contribution in [2.24, 2.45) is 0 Å². The Morgan fingerprint density at radius 1 is 0.250 bits per heavy atom. The number of fused-ring (bicyclic) bond motifs is 6. The summed E-state index contributed by atoms with van der Waals surface area (Å²) in [6.45, 7) is 0. The van der Waals surface area contributed by atoms with E-state index in [1.807, 2.05) is 23.5 Å². The van der Waals surface area contributed by atoms with Crippen LogP contribution >= 0.6 is 23.5 Å². The lowest BCUT2D eigenvalue weighted by Crippen LogP contribution is -2.15. The van der Waals surface area contributed by atoms with Gasteiger partial charge in [-0.15, -0.1) is 0 Å². The molecule has 0 unspecified atom stereocenters. The molecule has 2 heteroatoms. The second kappa shape index (κ2) is 11.3. The van der Waals surface area contributed by atoms with E-state index >= 15 is 0 Å². The fraction of sp³-hybridized carbons (Fsp3) is 0. The van der Waals surface area contributed by atoms with Gasteiger partial charge in [0, 0.05) is 19.6 Å². The smallest absolute Gasteiger partial charge is 0.0658 e. The van der Waals surface area contributed by atoms with Gasteiger partial charge in [0.25, 0.3) is 0 Å². The van der Waals surface area contributed by atoms with Crippen LogP contribution in [0.15, 0.2) is 189 Å². The van der Waals surface area contributed by atoms with Gasteiger partial charge in [0.05, 0.1) is 11.8 Å². The molecular weight excluding hydrogens is 617 g/mol. The van der Waals surface area contributed by atoms with Crippen LogP contribution in [0.4, 0.5) is 0 Å². The zero-order chi connectivity index (χ0) is 31.6. The van der Waals surface area contributed by atoms with E-state index in [4.69, 9.17) is 0 Å². The van der Waals surface area contributed by atoms with Crippen molar-refractivity contribution in [3.63, 3.8) is 0 Å². The first kappa shape index (κ1) is 28.0. The van der Waals surface area contributed by atoms with E-state index in [-0.39, 0.29) is 0 Å². The molecule has 0 fully saturated rings. The van der Waals surface area contributed by atoms with E-state index in [9.17, 15) is 0 Å². The van der Waals surface area contributed by atoms with Crippen molar-refractivity contribution >= 4 is 45.1 Å². The van der Waals surface area contributed by atoms with Gasteiger partial charge < -0.3 is 0 Å². The summed E-state index contributed by atoms with van der Waals surface area (Å²) in [5, 5.41) is 5.02. The van der Waals surface area contributed by atoms with E-state index in [1.165, 1.54) is 97.5 Å². The van der Waals surface area contributed by atoms with Crippen molar-refractivity contribution in [3.8, 4) is 11.1 Å². The van der Waals surface area contributed by atoms with E-state index < -0.39 is 0 Å². The fourth-order valence-corrected chi connectivity index (χ4v) is 9.84. The monoisotopic (exact) mass is 644 g/mol. The molecule has 10 rings (SSSR count). The molecule has 0 spiro atoms. The third-order valence-electron chi connectivity index (χ3n) is 9.71. The van der Waals surface area contributed by atoms with Gasteiger partial charge in [-0.1, -0.05) is 169 Å². The normalized spacial score (nSPS) is 13.9. The van der Waals surface area contributed by atoms with Crippen LogP contribution in [0.3, 0.4) is 0 Å². The molecule has 2 radical (unpaired) electrons. The number of hydrogen-bond acceptors (Lipinski definition) is 2. The molecule has 0 saturated heterocycles. The van der Waals surface area contributed by atoms with Crippen LogP contribution in [0.5, 0.6) is 0 Å². The molecular formula is C46H28S2. The third kappa shape index (κ3) is 4.33. The summed E-state index contributed by atoms with van der Waals surface area (Å²) < 4.78 is 0. The fourth-order valence-electron chi connectivity index (χ4n) is 7.65. The molecule has 2 aliphatic heterocycles. The van der Waals surface area contributed by atoms with E-state index in [1.54, 1.807) is 0 Å². The summed E-state index contributed by atoms with van der Waals surface area (Å²) in [6.07, 6.45) is 0. The summed E-state index contributed by atoms with van der Waals surface area (Å²) in [7, 11) is 0. The first-order valence-electron chi connectivity index (χ1n) is 16.4. The van der Waals surface area contributed by atoms with Crippen molar-refractivity contribution in [1.82, 2.24) is 0 Å². The molecule has 8 aromatic carbocycles. The highest BCUT2D eigenvalue weighted by Gasteiger charge is 2.34. The molecule has 0 N–H and O–H groups in total. The van der Waals surface area contributed by atoms with Gasteiger partial charge in [-0.2, -0.15) is 0 Å². The van der Waals surface area contributed by atoms with Crippen LogP contribution in [0, 0.1) is 11.8 Å². The second-order valence-electron chi connectivity index (χ2n) is 12.4. The average Bonchev–Trinajstić information content (AvgIpc) is 3.15. The van der Waals surface area contributed by atoms with Crippen molar-refractivity contribution in [2.45, 2.75) is 19.6 Å². The summed E-state index contributed by atoms with van der Waals surface area (Å²) in [5.74, 6) is 2.59. The highest BCUT2D eigenvalue weighted by Crippen LogP contribution is 2.55. The number of rotatable bonds is 3. The zero-order valence-corrected chi connectivity index (χ0v) is 27.6. The Labute approximate surface area is 289 Å². The third-order valence-corrected chi connectivity index (χ3v) is 12.0. The molecule has 0 nitrogen and oxygen atoms in total. The van der Waals surface area contributed by atoms with Crippen LogP contribution in [0.2, 0.25) is 0 Å². The molecule has 2 aliphatic rings. The predicted octanol–water partition coefficient (Wildman–Crippen LogP) is 12.6. The van der Waals surface area contributed by atoms with Crippen molar-refractivity contribution < 1.29 is 0 Å². The highest BCUT2D eigenvalue weighted by molar-refractivity contribution is 7.99. The van der Waals surface area contributed by atoms with Crippen LogP contribution in [-0.4, -0.2) is 0 Å². The minimum Gasteiger partial charge on any atom is -0.0894 e. The maximum atomic E-state index is 2.38. The lowest BCUT2D eigenvalue weighted by Gasteiger charge is -2.32. The second-order valence-corrected chi connectivity index (χ2v) is 14.5. The summed E-state index contributed by atoms with van der Waals surface area (Å²) in [5.41, 5.74) is 10.2. The van der Waals surface area contributed by atoms with Gasteiger partial charge in [-0.05, 0) is 90.3 Å². The first-order chi connectivity index (χ1) is 23.8. The van der Waals surface area contributed by atoms with Crippen molar-refractivity contribution in [2.75, 3.05) is 0 Å². The van der Waals surface area contributed by atoms with Gasteiger partial charge in [-0.25, -0.2) is 0 Å². The summed E-state index contributed by atoms with van der Waals surface area (Å²) >= 11 is 3.74. The van der Waals surface area contributed by atoms with Gasteiger partial charge in [-0.3, -0.25) is 0 Å². The van der Waals surface area contributed by atoms with Gasteiger partial charge in [0.2, 0.25) is 0 Å². The molecule has 0 aromatic heterocycles. The largest absolute Gasteiger partial charge is 0.0894 e. The number of benzene rings is 8. The molecule has 0 bridgehead atoms. The summed E-state index contributed by atoms with van der Waals surface area (Å²) in [6, 6.07) is 62.9. The summed E-state index contributed by atoms with van der Waals surface area (Å²) in [4.78, 5) is 5.19. The van der Waals surface area contributed by atoms with Crippen molar-refractivity contribution in [1.29, 1.82) is 0 Å². The Morgan fingerprint density at radius 2 is 0.562 bits per heavy atom. The SMILES string of the molecule is c1ccc2c(c1)Sc1ccccc1[C]2c1ccc2ccccc2c1-c1c([C]2c3ccccc3Sc3ccccc32)ccc2ccccc12. The Morgan fingerprint density at radius 3 is 0.938 bits per heavy atom. The van der Waals surface area contributed by atoms with Crippen LogP contribution in [0.1, 0.15) is 33.4 Å². The predicted molar refractivity (Wildman–Crippen MR) is 202 cm³/mol. The first-order valence-corrected chi connectivity index (χ1v) is 18.0. The number of hydrogen-bond donors (Lipinski definition) is 0. The molecule has 2 heterocycles. The van der Waals surface area contributed by atoms with E-state index in [0.717, 1.165) is 0 Å². The molecule has 0 aliphatic carbocycles. The molecule has 8 aromatic rings. The Hall–Kier alpha value is -5.02. The molecule has 224 valence electrons. The van der Waals surface area contributed by atoms with E-state index in [2.05, 4.69) is 170 Å². The minimum atomic E-state index is 1.24. The van der Waals surface area contributed by atoms with Gasteiger partial charge in [0.15, 0.2) is 0 Å². The van der Waals surface area contributed by atoms with Crippen molar-refractivity contribution in [3.05, 3.63) is 215 Å². The van der Waals surface area contributed by atoms with E-state index in [0.29, 0.717) is 0 Å². The molecule has 48 heavy (non-hydrogen) atoms. The van der Waals surface area contributed by atoms with Gasteiger partial charge >= 0.3 is 0 Å². The van der Waals surface area contributed by atoms with Crippen LogP contribution < -0.4 is 0 Å². The lowest BCUT2D eigenvalue weighted by atomic mass is 9.74. The Bertz CT molecular complexity index is 2280. The van der Waals surface area contributed by atoms with Gasteiger partial charge in [0.1, 0.15) is 0 Å². The standard InChI is InChI=1S/C46H28S2/c1-3-15-31-29(13-1)25-27-37(43-33-17-5-9-21-39(33)47-40-22-10-6-18-34(40)43)45(31)46-32-16-4-2-14-30(32)26-28-38(46)44-35-19-7-11-23-41(35)48-42-24-12-8-20-36(42)44/h1-28H. The van der Waals surface area contributed by atoms with Crippen LogP contribution in [0.25, 0.3) is 32.7 Å². The van der Waals surface area contributed by atoms with Crippen LogP contribution in [-0.2, 0) is 0 Å². The lowest BCUT2D eigenvalue weighted by molar-refractivity contribution is 1.10. The molecule has 0 atom stereocenters. The average molecular weight is 645 g/mol. The maximum absolute atomic E-state index is 2.38. The molecule has 0 amide bonds. The zero-order valence-electron chi connectivity index (χ0n) is 26.0. The topological polar surface area (TPSA) is 0 Å². The maximum Gasteiger partial charge on any atom is 0.0658 e. The Kier molecular flexibility index (Phi) is 6.60. The molecule has 0 saturated carbocycles. The minimum absolute atomic E-state index is 1.24.